The van der Waals surface area contributed by atoms with E-state index >= 15 is 0 Å². The summed E-state index contributed by atoms with van der Waals surface area (Å²) in [6.07, 6.45) is 2.99. The second-order valence-electron chi connectivity index (χ2n) is 4.43. The van der Waals surface area contributed by atoms with Gasteiger partial charge in [-0.15, -0.1) is 0 Å². The molecule has 0 fully saturated rings. The summed E-state index contributed by atoms with van der Waals surface area (Å²) < 4.78 is 3.24. The minimum Gasteiger partial charge on any atom is -0.304 e. The largest absolute Gasteiger partial charge is 0.304 e. The molecule has 3 rings (SSSR count). The first kappa shape index (κ1) is 11.5. The van der Waals surface area contributed by atoms with Gasteiger partial charge in [0.2, 0.25) is 0 Å². The first-order chi connectivity index (χ1) is 8.72. The number of nitrogens with zero attached hydrogens (tertiary/aromatic N) is 2. The van der Waals surface area contributed by atoms with E-state index in [1.54, 1.807) is 0 Å². The van der Waals surface area contributed by atoms with Gasteiger partial charge in [0, 0.05) is 22.8 Å². The highest BCUT2D eigenvalue weighted by Gasteiger charge is 2.04. The fourth-order valence-electron chi connectivity index (χ4n) is 2.10. The Morgan fingerprint density at radius 1 is 1.11 bits per heavy atom. The van der Waals surface area contributed by atoms with E-state index in [2.05, 4.69) is 68.8 Å². The Kier molecular flexibility index (Phi) is 2.92. The lowest BCUT2D eigenvalue weighted by Gasteiger charge is -1.98. The molecule has 0 saturated carbocycles. The van der Waals surface area contributed by atoms with Gasteiger partial charge in [0.1, 0.15) is 5.65 Å². The normalized spacial score (nSPS) is 11.0. The number of pyridine rings is 1. The third kappa shape index (κ3) is 2.18. The molecule has 0 aliphatic rings. The van der Waals surface area contributed by atoms with E-state index in [4.69, 9.17) is 0 Å². The standard InChI is InChI=1S/C15H13BrN2/c1-11-3-2-4-15-17-14(10-18(11)15)9-12-5-7-13(16)8-6-12/h2-8,10H,9H2,1H3. The zero-order valence-electron chi connectivity index (χ0n) is 10.1. The van der Waals surface area contributed by atoms with Crippen LogP contribution < -0.4 is 0 Å². The maximum Gasteiger partial charge on any atom is 0.137 e. The number of aryl methyl sites for hydroxylation is 1. The molecule has 18 heavy (non-hydrogen) atoms. The lowest BCUT2D eigenvalue weighted by Crippen LogP contribution is -1.88. The van der Waals surface area contributed by atoms with Crippen LogP contribution in [0.3, 0.4) is 0 Å². The average Bonchev–Trinajstić information content (AvgIpc) is 2.76. The Hall–Kier alpha value is -1.61. The summed E-state index contributed by atoms with van der Waals surface area (Å²) >= 11 is 3.45. The molecule has 3 aromatic rings. The van der Waals surface area contributed by atoms with E-state index in [1.807, 2.05) is 12.1 Å². The van der Waals surface area contributed by atoms with Crippen molar-refractivity contribution in [1.29, 1.82) is 0 Å². The summed E-state index contributed by atoms with van der Waals surface area (Å²) in [5.41, 5.74) is 4.61. The van der Waals surface area contributed by atoms with Crippen LogP contribution in [0.1, 0.15) is 17.0 Å². The highest BCUT2D eigenvalue weighted by Crippen LogP contribution is 2.15. The molecule has 0 bridgehead atoms. The number of hydrogen-bond donors (Lipinski definition) is 0. The van der Waals surface area contributed by atoms with Gasteiger partial charge in [0.25, 0.3) is 0 Å². The zero-order valence-corrected chi connectivity index (χ0v) is 11.7. The number of imidazole rings is 1. The molecule has 1 aromatic carbocycles. The fraction of sp³-hybridized carbons (Fsp3) is 0.133. The molecule has 0 amide bonds. The minimum atomic E-state index is 0.869. The SMILES string of the molecule is Cc1cccc2nc(Cc3ccc(Br)cc3)cn12. The number of hydrogen-bond acceptors (Lipinski definition) is 1. The summed E-state index contributed by atoms with van der Waals surface area (Å²) in [4.78, 5) is 4.64. The van der Waals surface area contributed by atoms with E-state index in [9.17, 15) is 0 Å². The van der Waals surface area contributed by atoms with Crippen molar-refractivity contribution in [1.82, 2.24) is 9.38 Å². The van der Waals surface area contributed by atoms with Gasteiger partial charge in [-0.25, -0.2) is 4.98 Å². The van der Waals surface area contributed by atoms with Gasteiger partial charge in [-0.05, 0) is 36.8 Å². The van der Waals surface area contributed by atoms with Crippen LogP contribution >= 0.6 is 15.9 Å². The lowest BCUT2D eigenvalue weighted by atomic mass is 10.1. The van der Waals surface area contributed by atoms with Crippen molar-refractivity contribution >= 4 is 21.6 Å². The molecular formula is C15H13BrN2. The van der Waals surface area contributed by atoms with Gasteiger partial charge in [-0.2, -0.15) is 0 Å². The first-order valence-corrected chi connectivity index (χ1v) is 6.70. The van der Waals surface area contributed by atoms with Crippen molar-refractivity contribution in [2.75, 3.05) is 0 Å². The Bertz CT molecular complexity index is 683. The van der Waals surface area contributed by atoms with E-state index in [0.717, 1.165) is 22.2 Å². The molecule has 0 radical (unpaired) electrons. The van der Waals surface area contributed by atoms with Crippen LogP contribution in [-0.4, -0.2) is 9.38 Å². The zero-order chi connectivity index (χ0) is 12.5. The molecule has 0 aliphatic heterocycles. The second kappa shape index (κ2) is 4.58. The predicted octanol–water partition coefficient (Wildman–Crippen LogP) is 4.00. The molecule has 0 N–H and O–H groups in total. The monoisotopic (exact) mass is 300 g/mol. The molecule has 0 aliphatic carbocycles. The van der Waals surface area contributed by atoms with E-state index in [-0.39, 0.29) is 0 Å². The van der Waals surface area contributed by atoms with Crippen molar-refractivity contribution in [3.05, 3.63) is 70.1 Å². The minimum absolute atomic E-state index is 0.869. The van der Waals surface area contributed by atoms with Crippen LogP contribution in [0.15, 0.2) is 53.1 Å². The van der Waals surface area contributed by atoms with Crippen molar-refractivity contribution < 1.29 is 0 Å². The molecule has 0 spiro atoms. The topological polar surface area (TPSA) is 17.3 Å². The third-order valence-electron chi connectivity index (χ3n) is 3.04. The van der Waals surface area contributed by atoms with Gasteiger partial charge >= 0.3 is 0 Å². The fourth-order valence-corrected chi connectivity index (χ4v) is 2.36. The predicted molar refractivity (Wildman–Crippen MR) is 76.9 cm³/mol. The number of benzene rings is 1. The molecule has 2 nitrogen and oxygen atoms in total. The molecule has 0 saturated heterocycles. The summed E-state index contributed by atoms with van der Waals surface area (Å²) in [6, 6.07) is 14.6. The van der Waals surface area contributed by atoms with Crippen molar-refractivity contribution in [2.45, 2.75) is 13.3 Å². The Labute approximate surface area is 114 Å². The summed E-state index contributed by atoms with van der Waals surface area (Å²) in [5, 5.41) is 0. The Balaban J connectivity index is 1.95. The maximum absolute atomic E-state index is 4.64. The van der Waals surface area contributed by atoms with E-state index < -0.39 is 0 Å². The Morgan fingerprint density at radius 2 is 1.89 bits per heavy atom. The van der Waals surface area contributed by atoms with Crippen LogP contribution in [0.2, 0.25) is 0 Å². The smallest absolute Gasteiger partial charge is 0.137 e. The average molecular weight is 301 g/mol. The molecule has 0 atom stereocenters. The van der Waals surface area contributed by atoms with Crippen LogP contribution in [0.4, 0.5) is 0 Å². The summed E-state index contributed by atoms with van der Waals surface area (Å²) in [6.45, 7) is 2.10. The quantitative estimate of drug-likeness (QED) is 0.699. The van der Waals surface area contributed by atoms with Crippen LogP contribution in [-0.2, 0) is 6.42 Å². The summed E-state index contributed by atoms with van der Waals surface area (Å²) in [5.74, 6) is 0. The highest BCUT2D eigenvalue weighted by molar-refractivity contribution is 9.10. The lowest BCUT2D eigenvalue weighted by molar-refractivity contribution is 1.08. The van der Waals surface area contributed by atoms with Crippen LogP contribution in [0.25, 0.3) is 5.65 Å². The number of aromatic nitrogens is 2. The number of halogens is 1. The molecule has 90 valence electrons. The molecule has 2 aromatic heterocycles. The van der Waals surface area contributed by atoms with Gasteiger partial charge in [-0.3, -0.25) is 0 Å². The van der Waals surface area contributed by atoms with Crippen LogP contribution in [0, 0.1) is 6.92 Å². The van der Waals surface area contributed by atoms with Gasteiger partial charge in [-0.1, -0.05) is 34.1 Å². The maximum atomic E-state index is 4.64. The van der Waals surface area contributed by atoms with Crippen molar-refractivity contribution in [2.24, 2.45) is 0 Å². The highest BCUT2D eigenvalue weighted by atomic mass is 79.9. The number of rotatable bonds is 2. The van der Waals surface area contributed by atoms with Gasteiger partial charge in [0.05, 0.1) is 5.69 Å². The molecule has 0 unspecified atom stereocenters. The third-order valence-corrected chi connectivity index (χ3v) is 3.57. The molecule has 2 heterocycles. The second-order valence-corrected chi connectivity index (χ2v) is 5.35. The molecular weight excluding hydrogens is 288 g/mol. The molecule has 3 heteroatoms. The van der Waals surface area contributed by atoms with E-state index in [1.165, 1.54) is 11.3 Å². The van der Waals surface area contributed by atoms with E-state index in [0.29, 0.717) is 0 Å². The summed E-state index contributed by atoms with van der Waals surface area (Å²) in [7, 11) is 0. The number of fused-ring (bicyclic) bond motifs is 1. The van der Waals surface area contributed by atoms with Crippen molar-refractivity contribution in [3.63, 3.8) is 0 Å². The van der Waals surface area contributed by atoms with Gasteiger partial charge in [0.15, 0.2) is 0 Å². The first-order valence-electron chi connectivity index (χ1n) is 5.90. The van der Waals surface area contributed by atoms with Crippen LogP contribution in [0.5, 0.6) is 0 Å². The van der Waals surface area contributed by atoms with Crippen molar-refractivity contribution in [3.8, 4) is 0 Å². The van der Waals surface area contributed by atoms with Gasteiger partial charge < -0.3 is 4.40 Å². The Morgan fingerprint density at radius 3 is 2.61 bits per heavy atom.